The monoisotopic (exact) mass is 296 g/mol. The van der Waals surface area contributed by atoms with Crippen LogP contribution >= 0.6 is 0 Å². The fourth-order valence-corrected chi connectivity index (χ4v) is 2.92. The van der Waals surface area contributed by atoms with Crippen LogP contribution in [0.15, 0.2) is 47.5 Å². The molecule has 0 fully saturated rings. The minimum atomic E-state index is -0.120. The molecule has 0 bridgehead atoms. The number of aryl methyl sites for hydroxylation is 1. The van der Waals surface area contributed by atoms with E-state index >= 15 is 0 Å². The van der Waals surface area contributed by atoms with E-state index in [1.54, 1.807) is 11.0 Å². The van der Waals surface area contributed by atoms with Crippen LogP contribution in [0.1, 0.15) is 35.2 Å². The Kier molecular flexibility index (Phi) is 4.09. The van der Waals surface area contributed by atoms with Crippen molar-refractivity contribution in [3.8, 4) is 0 Å². The first-order valence-electron chi connectivity index (χ1n) is 7.66. The van der Waals surface area contributed by atoms with Gasteiger partial charge in [0, 0.05) is 24.2 Å². The van der Waals surface area contributed by atoms with E-state index in [4.69, 9.17) is 4.52 Å². The van der Waals surface area contributed by atoms with Crippen LogP contribution in [0.25, 0.3) is 0 Å². The maximum atomic E-state index is 12.9. The van der Waals surface area contributed by atoms with Crippen molar-refractivity contribution in [2.75, 3.05) is 11.4 Å². The van der Waals surface area contributed by atoms with Gasteiger partial charge in [-0.15, -0.1) is 6.58 Å². The van der Waals surface area contributed by atoms with Crippen molar-refractivity contribution >= 4 is 11.6 Å². The fourth-order valence-electron chi connectivity index (χ4n) is 2.92. The Morgan fingerprint density at radius 3 is 2.95 bits per heavy atom. The lowest BCUT2D eigenvalue weighted by Gasteiger charge is -2.22. The highest BCUT2D eigenvalue weighted by molar-refractivity contribution is 6.06. The molecule has 0 radical (unpaired) electrons. The van der Waals surface area contributed by atoms with Gasteiger partial charge in [0.2, 0.25) is 0 Å². The van der Waals surface area contributed by atoms with Crippen molar-refractivity contribution in [3.05, 3.63) is 60.0 Å². The molecule has 1 amide bonds. The number of carbonyl (C=O) groups is 1. The predicted octanol–water partition coefficient (Wildman–Crippen LogP) is 3.63. The maximum absolute atomic E-state index is 12.9. The first-order chi connectivity index (χ1) is 10.7. The normalized spacial score (nSPS) is 16.9. The number of anilines is 1. The Morgan fingerprint density at radius 1 is 1.45 bits per heavy atom. The molecule has 22 heavy (non-hydrogen) atoms. The largest absolute Gasteiger partial charge is 0.360 e. The second kappa shape index (κ2) is 6.18. The van der Waals surface area contributed by atoms with Crippen LogP contribution in [0.3, 0.4) is 0 Å². The number of hydrogen-bond acceptors (Lipinski definition) is 3. The average Bonchev–Trinajstić information content (AvgIpc) is 2.96. The van der Waals surface area contributed by atoms with E-state index in [0.717, 1.165) is 36.3 Å². The third-order valence-corrected chi connectivity index (χ3v) is 4.11. The van der Waals surface area contributed by atoms with E-state index in [2.05, 4.69) is 18.7 Å². The number of carbonyl (C=O) groups excluding carboxylic acids is 1. The standard InChI is InChI=1S/C18H20N2O2/c1-3-11-20(14-7-5-4-6-8-14)18(21)17-15-12-13(2)9-10-16(15)22-19-17/h3-8,13H,1,9-12H2,2H3/t13-/m0/s1. The van der Waals surface area contributed by atoms with Crippen molar-refractivity contribution < 1.29 is 9.32 Å². The van der Waals surface area contributed by atoms with Crippen molar-refractivity contribution in [1.82, 2.24) is 5.16 Å². The zero-order valence-corrected chi connectivity index (χ0v) is 12.8. The lowest BCUT2D eigenvalue weighted by molar-refractivity contribution is 0.0980. The summed E-state index contributed by atoms with van der Waals surface area (Å²) < 4.78 is 5.40. The van der Waals surface area contributed by atoms with Gasteiger partial charge in [0.15, 0.2) is 5.69 Å². The first kappa shape index (κ1) is 14.6. The van der Waals surface area contributed by atoms with Crippen LogP contribution in [0, 0.1) is 5.92 Å². The second-order valence-corrected chi connectivity index (χ2v) is 5.82. The highest BCUT2D eigenvalue weighted by atomic mass is 16.5. The molecule has 1 aromatic carbocycles. The van der Waals surface area contributed by atoms with Crippen molar-refractivity contribution in [1.29, 1.82) is 0 Å². The summed E-state index contributed by atoms with van der Waals surface area (Å²) in [6.45, 7) is 6.39. The molecule has 1 aliphatic rings. The molecule has 1 aromatic heterocycles. The molecule has 0 saturated heterocycles. The summed E-state index contributed by atoms with van der Waals surface area (Å²) in [5.74, 6) is 1.31. The molecular formula is C18H20N2O2. The van der Waals surface area contributed by atoms with Gasteiger partial charge >= 0.3 is 0 Å². The number of nitrogens with zero attached hydrogens (tertiary/aromatic N) is 2. The SMILES string of the molecule is C=CCN(C(=O)c1noc2c1C[C@@H](C)CC2)c1ccccc1. The highest BCUT2D eigenvalue weighted by Crippen LogP contribution is 2.29. The van der Waals surface area contributed by atoms with Gasteiger partial charge in [0.25, 0.3) is 5.91 Å². The molecule has 0 aliphatic heterocycles. The van der Waals surface area contributed by atoms with E-state index < -0.39 is 0 Å². The number of aromatic nitrogens is 1. The third kappa shape index (κ3) is 2.69. The topological polar surface area (TPSA) is 46.3 Å². The van der Waals surface area contributed by atoms with Gasteiger partial charge in [-0.1, -0.05) is 36.4 Å². The molecule has 4 nitrogen and oxygen atoms in total. The Labute approximate surface area is 130 Å². The molecule has 1 atom stereocenters. The van der Waals surface area contributed by atoms with Crippen molar-refractivity contribution in [3.63, 3.8) is 0 Å². The van der Waals surface area contributed by atoms with Crippen LogP contribution < -0.4 is 4.90 Å². The smallest absolute Gasteiger partial charge is 0.281 e. The van der Waals surface area contributed by atoms with Crippen LogP contribution in [0.4, 0.5) is 5.69 Å². The zero-order chi connectivity index (χ0) is 15.5. The molecule has 1 heterocycles. The molecule has 0 spiro atoms. The van der Waals surface area contributed by atoms with Gasteiger partial charge in [0.05, 0.1) is 0 Å². The Balaban J connectivity index is 1.95. The summed E-state index contributed by atoms with van der Waals surface area (Å²) in [5.41, 5.74) is 2.27. The van der Waals surface area contributed by atoms with Gasteiger partial charge < -0.3 is 9.42 Å². The maximum Gasteiger partial charge on any atom is 0.281 e. The number of benzene rings is 1. The predicted molar refractivity (Wildman–Crippen MR) is 86.0 cm³/mol. The van der Waals surface area contributed by atoms with E-state index in [-0.39, 0.29) is 5.91 Å². The zero-order valence-electron chi connectivity index (χ0n) is 12.8. The number of amides is 1. The molecular weight excluding hydrogens is 276 g/mol. The van der Waals surface area contributed by atoms with E-state index in [9.17, 15) is 4.79 Å². The molecule has 114 valence electrons. The number of rotatable bonds is 4. The summed E-state index contributed by atoms with van der Waals surface area (Å²) >= 11 is 0. The fraction of sp³-hybridized carbons (Fsp3) is 0.333. The lowest BCUT2D eigenvalue weighted by Crippen LogP contribution is -2.32. The number of para-hydroxylation sites is 1. The average molecular weight is 296 g/mol. The lowest BCUT2D eigenvalue weighted by atomic mass is 9.88. The van der Waals surface area contributed by atoms with Crippen LogP contribution in [-0.2, 0) is 12.8 Å². The van der Waals surface area contributed by atoms with Gasteiger partial charge in [-0.05, 0) is 30.9 Å². The third-order valence-electron chi connectivity index (χ3n) is 4.11. The minimum Gasteiger partial charge on any atom is -0.360 e. The van der Waals surface area contributed by atoms with Crippen molar-refractivity contribution in [2.45, 2.75) is 26.2 Å². The van der Waals surface area contributed by atoms with Crippen LogP contribution in [-0.4, -0.2) is 17.6 Å². The number of hydrogen-bond donors (Lipinski definition) is 0. The van der Waals surface area contributed by atoms with Gasteiger partial charge in [-0.25, -0.2) is 0 Å². The molecule has 4 heteroatoms. The quantitative estimate of drug-likeness (QED) is 0.809. The second-order valence-electron chi connectivity index (χ2n) is 5.82. The highest BCUT2D eigenvalue weighted by Gasteiger charge is 2.29. The molecule has 0 N–H and O–H groups in total. The molecule has 0 saturated carbocycles. The molecule has 3 rings (SSSR count). The molecule has 1 aliphatic carbocycles. The number of fused-ring (bicyclic) bond motifs is 1. The molecule has 0 unspecified atom stereocenters. The van der Waals surface area contributed by atoms with E-state index in [1.807, 2.05) is 30.3 Å². The van der Waals surface area contributed by atoms with Gasteiger partial charge in [-0.3, -0.25) is 4.79 Å². The van der Waals surface area contributed by atoms with E-state index in [1.165, 1.54) is 0 Å². The summed E-state index contributed by atoms with van der Waals surface area (Å²) in [6.07, 6.45) is 4.53. The van der Waals surface area contributed by atoms with Crippen LogP contribution in [0.2, 0.25) is 0 Å². The van der Waals surface area contributed by atoms with Crippen molar-refractivity contribution in [2.24, 2.45) is 5.92 Å². The summed E-state index contributed by atoms with van der Waals surface area (Å²) in [5, 5.41) is 4.06. The van der Waals surface area contributed by atoms with Gasteiger partial charge in [-0.2, -0.15) is 0 Å². The minimum absolute atomic E-state index is 0.120. The Hall–Kier alpha value is -2.36. The van der Waals surface area contributed by atoms with Gasteiger partial charge in [0.1, 0.15) is 5.76 Å². The summed E-state index contributed by atoms with van der Waals surface area (Å²) in [7, 11) is 0. The Morgan fingerprint density at radius 2 is 2.23 bits per heavy atom. The summed E-state index contributed by atoms with van der Waals surface area (Å²) in [6, 6.07) is 9.59. The molecule has 2 aromatic rings. The first-order valence-corrected chi connectivity index (χ1v) is 7.66. The van der Waals surface area contributed by atoms with E-state index in [0.29, 0.717) is 18.2 Å². The van der Waals surface area contributed by atoms with Crippen LogP contribution in [0.5, 0.6) is 0 Å². The summed E-state index contributed by atoms with van der Waals surface area (Å²) in [4.78, 5) is 14.6. The Bertz CT molecular complexity index is 676.